The molecule has 148 valence electrons. The van der Waals surface area contributed by atoms with Crippen molar-refractivity contribution in [2.24, 2.45) is 23.7 Å². The summed E-state index contributed by atoms with van der Waals surface area (Å²) in [4.78, 5) is 16.4. The molecule has 2 saturated heterocycles. The van der Waals surface area contributed by atoms with Crippen molar-refractivity contribution < 1.29 is 121 Å². The second kappa shape index (κ2) is 15.0. The van der Waals surface area contributed by atoms with Crippen molar-refractivity contribution in [2.75, 3.05) is 19.6 Å². The molecule has 2 aliphatic rings. The summed E-state index contributed by atoms with van der Waals surface area (Å²) in [7, 11) is 0. The molecule has 2 heterocycles. The zero-order valence-corrected chi connectivity index (χ0v) is 30.2. The Labute approximate surface area is 268 Å². The monoisotopic (exact) mass is 520 g/mol. The van der Waals surface area contributed by atoms with Crippen LogP contribution in [0, 0.1) is 35.5 Å². The third-order valence-electron chi connectivity index (χ3n) is 5.84. The standard InChI is InChI=1S/C11H20NO.C11H22N.2Rb/c1-7(2)10-9(5)6-12(8(3)4)11(10)13;1-8(2)11-7-12(9(3)4)6-10(11)5;;/h7-8,10H,6H2,1-5H3;8-9,11H,6-7H2,1-5H3;;/q2*-1;2*+1. The predicted molar refractivity (Wildman–Crippen MR) is 108 cm³/mol. The molecule has 2 aliphatic heterocycles. The van der Waals surface area contributed by atoms with Crippen molar-refractivity contribution in [3.63, 3.8) is 0 Å². The van der Waals surface area contributed by atoms with Crippen LogP contribution in [0.1, 0.15) is 69.2 Å². The molecule has 2 atom stereocenters. The molecule has 0 aromatic carbocycles. The van der Waals surface area contributed by atoms with Crippen molar-refractivity contribution in [1.82, 2.24) is 9.80 Å². The largest absolute Gasteiger partial charge is 1.00 e. The molecule has 2 fully saturated rings. The molecule has 5 heteroatoms. The molecule has 0 saturated carbocycles. The number of likely N-dealkylation sites (tertiary alicyclic amines) is 2. The van der Waals surface area contributed by atoms with E-state index in [-0.39, 0.29) is 122 Å². The number of amides is 1. The van der Waals surface area contributed by atoms with Gasteiger partial charge in [-0.3, -0.25) is 16.6 Å². The van der Waals surface area contributed by atoms with Crippen molar-refractivity contribution in [1.29, 1.82) is 0 Å². The van der Waals surface area contributed by atoms with Crippen LogP contribution in [0.4, 0.5) is 0 Å². The Hall–Kier alpha value is 3.04. The van der Waals surface area contributed by atoms with Gasteiger partial charge in [-0.25, -0.2) is 0 Å². The van der Waals surface area contributed by atoms with E-state index in [1.807, 2.05) is 4.90 Å². The van der Waals surface area contributed by atoms with Crippen LogP contribution in [0.25, 0.3) is 0 Å². The second-order valence-corrected chi connectivity index (χ2v) is 9.35. The van der Waals surface area contributed by atoms with Gasteiger partial charge in [-0.1, -0.05) is 45.4 Å². The van der Waals surface area contributed by atoms with Crippen LogP contribution >= 0.6 is 0 Å². The van der Waals surface area contributed by atoms with Gasteiger partial charge in [-0.05, 0) is 34.2 Å². The van der Waals surface area contributed by atoms with Crippen molar-refractivity contribution >= 4 is 5.91 Å². The molecule has 0 aromatic heterocycles. The molecule has 27 heavy (non-hydrogen) atoms. The Morgan fingerprint density at radius 1 is 0.815 bits per heavy atom. The molecule has 0 bridgehead atoms. The summed E-state index contributed by atoms with van der Waals surface area (Å²) in [6.07, 6.45) is 0. The molecule has 1 amide bonds. The molecule has 0 radical (unpaired) electrons. The van der Waals surface area contributed by atoms with E-state index in [1.54, 1.807) is 5.92 Å². The summed E-state index contributed by atoms with van der Waals surface area (Å²) in [5.41, 5.74) is 0. The van der Waals surface area contributed by atoms with Gasteiger partial charge in [0.1, 0.15) is 0 Å². The van der Waals surface area contributed by atoms with E-state index in [0.29, 0.717) is 23.9 Å². The van der Waals surface area contributed by atoms with Crippen molar-refractivity contribution in [2.45, 2.75) is 81.3 Å². The van der Waals surface area contributed by atoms with E-state index >= 15 is 0 Å². The first-order valence-corrected chi connectivity index (χ1v) is 10.2. The van der Waals surface area contributed by atoms with Crippen LogP contribution in [0.15, 0.2) is 0 Å². The third-order valence-corrected chi connectivity index (χ3v) is 5.84. The first kappa shape index (κ1) is 32.2. The first-order valence-electron chi connectivity index (χ1n) is 10.2. The van der Waals surface area contributed by atoms with E-state index in [1.165, 1.54) is 19.0 Å². The maximum Gasteiger partial charge on any atom is 1.00 e. The normalized spacial score (nSPS) is 24.5. The van der Waals surface area contributed by atoms with Gasteiger partial charge in [0.25, 0.3) is 0 Å². The molecular weight excluding hydrogens is 479 g/mol. The van der Waals surface area contributed by atoms with E-state index < -0.39 is 0 Å². The molecule has 3 nitrogen and oxygen atoms in total. The topological polar surface area (TPSA) is 23.6 Å². The molecule has 0 N–H and O–H groups in total. The van der Waals surface area contributed by atoms with Crippen LogP contribution in [0.3, 0.4) is 0 Å². The fourth-order valence-corrected chi connectivity index (χ4v) is 4.21. The summed E-state index contributed by atoms with van der Waals surface area (Å²) in [5, 5.41) is 0. The smallest absolute Gasteiger partial charge is 0.372 e. The number of hydrogen-bond donors (Lipinski definition) is 0. The van der Waals surface area contributed by atoms with Gasteiger partial charge < -0.3 is 9.80 Å². The Morgan fingerprint density at radius 3 is 1.56 bits per heavy atom. The van der Waals surface area contributed by atoms with E-state index in [2.05, 4.69) is 74.1 Å². The summed E-state index contributed by atoms with van der Waals surface area (Å²) < 4.78 is 0. The Kier molecular flexibility index (Phi) is 17.9. The predicted octanol–water partition coefficient (Wildman–Crippen LogP) is -1.31. The SMILES string of the molecule is C[C-]1CN(C(C)C)C(=O)C1C(C)C.C[C-]1CN(C(C)C)CC1C(C)C.[Rb+].[Rb+]. The van der Waals surface area contributed by atoms with E-state index in [4.69, 9.17) is 0 Å². The van der Waals surface area contributed by atoms with Gasteiger partial charge in [0.05, 0.1) is 0 Å². The number of hydrogen-bond acceptors (Lipinski definition) is 2. The summed E-state index contributed by atoms with van der Waals surface area (Å²) >= 11 is 0. The minimum atomic E-state index is 0. The Bertz CT molecular complexity index is 427. The molecule has 0 spiro atoms. The minimum Gasteiger partial charge on any atom is -0.372 e. The fourth-order valence-electron chi connectivity index (χ4n) is 4.21. The van der Waals surface area contributed by atoms with Gasteiger partial charge in [0, 0.05) is 12.1 Å². The van der Waals surface area contributed by atoms with Gasteiger partial charge in [-0.15, -0.1) is 19.0 Å². The number of nitrogens with zero attached hydrogens (tertiary/aromatic N) is 2. The van der Waals surface area contributed by atoms with E-state index in [9.17, 15) is 4.79 Å². The van der Waals surface area contributed by atoms with Crippen LogP contribution in [0.5, 0.6) is 0 Å². The molecule has 2 rings (SSSR count). The van der Waals surface area contributed by atoms with Gasteiger partial charge >= 0.3 is 116 Å². The average molecular weight is 522 g/mol. The Morgan fingerprint density at radius 2 is 1.33 bits per heavy atom. The molecule has 0 aromatic rings. The Balaban J connectivity index is 0. The van der Waals surface area contributed by atoms with Crippen molar-refractivity contribution in [3.8, 4) is 0 Å². The van der Waals surface area contributed by atoms with Gasteiger partial charge in [0.2, 0.25) is 0 Å². The van der Waals surface area contributed by atoms with Crippen LogP contribution < -0.4 is 116 Å². The van der Waals surface area contributed by atoms with Crippen LogP contribution in [-0.2, 0) is 4.79 Å². The maximum atomic E-state index is 11.9. The summed E-state index contributed by atoms with van der Waals surface area (Å²) in [5.74, 6) is 5.59. The van der Waals surface area contributed by atoms with Crippen LogP contribution in [-0.4, -0.2) is 47.4 Å². The molecule has 0 aliphatic carbocycles. The maximum absolute atomic E-state index is 11.9. The zero-order chi connectivity index (χ0) is 19.5. The average Bonchev–Trinajstić information content (AvgIpc) is 3.00. The second-order valence-electron chi connectivity index (χ2n) is 9.35. The summed E-state index contributed by atoms with van der Waals surface area (Å²) in [6.45, 7) is 25.4. The number of carbonyl (C=O) groups is 1. The molecular formula is C22H42N2ORb2. The molecule has 2 unspecified atom stereocenters. The fraction of sp³-hybridized carbons (Fsp3) is 0.864. The van der Waals surface area contributed by atoms with Crippen LogP contribution in [0.2, 0.25) is 0 Å². The quantitative estimate of drug-likeness (QED) is 0.429. The first-order chi connectivity index (χ1) is 11.5. The number of carbonyl (C=O) groups excluding carboxylic acids is 1. The third kappa shape index (κ3) is 9.60. The number of rotatable bonds is 4. The van der Waals surface area contributed by atoms with Gasteiger partial charge in [0.15, 0.2) is 5.91 Å². The van der Waals surface area contributed by atoms with Crippen molar-refractivity contribution in [3.05, 3.63) is 11.8 Å². The summed E-state index contributed by atoms with van der Waals surface area (Å²) in [6, 6.07) is 1.05. The zero-order valence-electron chi connectivity index (χ0n) is 20.4. The minimum absolute atomic E-state index is 0. The van der Waals surface area contributed by atoms with Gasteiger partial charge in [-0.2, -0.15) is 13.8 Å². The van der Waals surface area contributed by atoms with E-state index in [0.717, 1.165) is 18.4 Å².